The molecular weight excluding hydrogens is 244 g/mol. The number of benzene rings is 1. The first kappa shape index (κ1) is 11.2. The average molecular weight is 256 g/mol. The van der Waals surface area contributed by atoms with E-state index in [2.05, 4.69) is 4.98 Å². The van der Waals surface area contributed by atoms with Crippen LogP contribution in [0.3, 0.4) is 0 Å². The molecule has 0 saturated heterocycles. The molecule has 3 nitrogen and oxygen atoms in total. The number of hydrogen-bond donors (Lipinski definition) is 0. The number of carbonyl (C=O) groups is 1. The van der Waals surface area contributed by atoms with E-state index in [4.69, 9.17) is 0 Å². The van der Waals surface area contributed by atoms with Gasteiger partial charge in [-0.3, -0.25) is 4.79 Å². The van der Waals surface area contributed by atoms with Gasteiger partial charge in [-0.2, -0.15) is 0 Å². The van der Waals surface area contributed by atoms with Gasteiger partial charge in [0.25, 0.3) is 0 Å². The lowest BCUT2D eigenvalue weighted by atomic mass is 10.2. The zero-order valence-electron chi connectivity index (χ0n) is 9.96. The van der Waals surface area contributed by atoms with Crippen LogP contribution in [0.4, 0.5) is 0 Å². The van der Waals surface area contributed by atoms with Gasteiger partial charge in [-0.25, -0.2) is 4.98 Å². The number of aryl methyl sites for hydroxylation is 1. The van der Waals surface area contributed by atoms with Crippen molar-refractivity contribution in [3.05, 3.63) is 53.4 Å². The molecule has 3 aromatic rings. The second-order valence-corrected chi connectivity index (χ2v) is 5.10. The van der Waals surface area contributed by atoms with Gasteiger partial charge in [0, 0.05) is 23.6 Å². The van der Waals surface area contributed by atoms with Crippen LogP contribution < -0.4 is 0 Å². The number of nitrogens with zero attached hydrogens (tertiary/aromatic N) is 2. The molecule has 4 heteroatoms. The maximum atomic E-state index is 12.4. The normalized spacial score (nSPS) is 10.9. The summed E-state index contributed by atoms with van der Waals surface area (Å²) < 4.78 is 3.00. The molecule has 0 atom stereocenters. The Morgan fingerprint density at radius 2 is 2.22 bits per heavy atom. The molecule has 0 bridgehead atoms. The predicted octanol–water partition coefficient (Wildman–Crippen LogP) is 3.35. The molecule has 18 heavy (non-hydrogen) atoms. The minimum Gasteiger partial charge on any atom is -0.328 e. The monoisotopic (exact) mass is 256 g/mol. The van der Waals surface area contributed by atoms with Gasteiger partial charge in [-0.1, -0.05) is 18.2 Å². The van der Waals surface area contributed by atoms with E-state index < -0.39 is 0 Å². The Kier molecular flexibility index (Phi) is 2.72. The van der Waals surface area contributed by atoms with Gasteiger partial charge in [-0.15, -0.1) is 11.3 Å². The van der Waals surface area contributed by atoms with E-state index in [-0.39, 0.29) is 5.78 Å². The third-order valence-electron chi connectivity index (χ3n) is 2.91. The van der Waals surface area contributed by atoms with E-state index in [9.17, 15) is 4.79 Å². The summed E-state index contributed by atoms with van der Waals surface area (Å²) in [5, 5.41) is 1.11. The van der Waals surface area contributed by atoms with E-state index in [1.165, 1.54) is 11.3 Å². The fourth-order valence-electron chi connectivity index (χ4n) is 1.98. The van der Waals surface area contributed by atoms with Crippen LogP contribution in [-0.4, -0.2) is 15.3 Å². The quantitative estimate of drug-likeness (QED) is 0.674. The maximum Gasteiger partial charge on any atom is 0.238 e. The van der Waals surface area contributed by atoms with Crippen molar-refractivity contribution in [2.75, 3.05) is 0 Å². The molecule has 1 aromatic carbocycles. The van der Waals surface area contributed by atoms with Crippen molar-refractivity contribution in [2.45, 2.75) is 13.5 Å². The van der Waals surface area contributed by atoms with Crippen LogP contribution in [0.25, 0.3) is 10.1 Å². The number of fused-ring (bicyclic) bond motifs is 1. The van der Waals surface area contributed by atoms with Gasteiger partial charge < -0.3 is 4.57 Å². The Labute approximate surface area is 109 Å². The van der Waals surface area contributed by atoms with Gasteiger partial charge in [-0.05, 0) is 24.4 Å². The predicted molar refractivity (Wildman–Crippen MR) is 73.2 cm³/mol. The second kappa shape index (κ2) is 4.38. The number of aromatic nitrogens is 2. The summed E-state index contributed by atoms with van der Waals surface area (Å²) in [7, 11) is 0. The van der Waals surface area contributed by atoms with Crippen molar-refractivity contribution < 1.29 is 4.79 Å². The molecule has 0 aliphatic rings. The van der Waals surface area contributed by atoms with E-state index in [1.807, 2.05) is 48.0 Å². The van der Waals surface area contributed by atoms with Crippen LogP contribution in [0.1, 0.15) is 22.4 Å². The Morgan fingerprint density at radius 1 is 1.39 bits per heavy atom. The summed E-state index contributed by atoms with van der Waals surface area (Å²) in [6.45, 7) is 2.76. The highest BCUT2D eigenvalue weighted by Gasteiger charge is 2.16. The SMILES string of the molecule is CCn1ccnc1C(=O)c1cc2ccccc2s1. The number of thiophene rings is 1. The van der Waals surface area contributed by atoms with E-state index in [0.717, 1.165) is 21.5 Å². The first-order valence-corrected chi connectivity index (χ1v) is 6.65. The van der Waals surface area contributed by atoms with Crippen molar-refractivity contribution in [1.82, 2.24) is 9.55 Å². The minimum atomic E-state index is 0.00282. The molecule has 0 N–H and O–H groups in total. The summed E-state index contributed by atoms with van der Waals surface area (Å²) in [5.74, 6) is 0.520. The Morgan fingerprint density at radius 3 is 3.00 bits per heavy atom. The van der Waals surface area contributed by atoms with Crippen molar-refractivity contribution in [3.63, 3.8) is 0 Å². The third-order valence-corrected chi connectivity index (χ3v) is 4.02. The molecule has 2 aromatic heterocycles. The van der Waals surface area contributed by atoms with Crippen LogP contribution >= 0.6 is 11.3 Å². The largest absolute Gasteiger partial charge is 0.328 e. The Bertz CT molecular complexity index is 678. The van der Waals surface area contributed by atoms with Gasteiger partial charge >= 0.3 is 0 Å². The van der Waals surface area contributed by atoms with Crippen LogP contribution in [0, 0.1) is 0 Å². The summed E-state index contributed by atoms with van der Waals surface area (Å²) in [4.78, 5) is 17.3. The first-order chi connectivity index (χ1) is 8.79. The highest BCUT2D eigenvalue weighted by atomic mass is 32.1. The molecule has 3 rings (SSSR count). The fourth-order valence-corrected chi connectivity index (χ4v) is 2.98. The second-order valence-electron chi connectivity index (χ2n) is 4.01. The zero-order valence-corrected chi connectivity index (χ0v) is 10.8. The van der Waals surface area contributed by atoms with E-state index in [1.54, 1.807) is 6.20 Å². The summed E-state index contributed by atoms with van der Waals surface area (Å²) in [5.41, 5.74) is 0. The molecule has 0 radical (unpaired) electrons. The van der Waals surface area contributed by atoms with Crippen LogP contribution in [0.2, 0.25) is 0 Å². The fraction of sp³-hybridized carbons (Fsp3) is 0.143. The molecule has 0 unspecified atom stereocenters. The van der Waals surface area contributed by atoms with Crippen molar-refractivity contribution in [2.24, 2.45) is 0 Å². The molecule has 0 saturated carbocycles. The summed E-state index contributed by atoms with van der Waals surface area (Å²) in [6.07, 6.45) is 3.50. The highest BCUT2D eigenvalue weighted by Crippen LogP contribution is 2.26. The van der Waals surface area contributed by atoms with Gasteiger partial charge in [0.05, 0.1) is 4.88 Å². The summed E-state index contributed by atoms with van der Waals surface area (Å²) in [6, 6.07) is 9.96. The van der Waals surface area contributed by atoms with Gasteiger partial charge in [0.2, 0.25) is 5.78 Å². The average Bonchev–Trinajstić information content (AvgIpc) is 3.03. The Hall–Kier alpha value is -1.94. The molecule has 2 heterocycles. The minimum absolute atomic E-state index is 0.00282. The molecule has 90 valence electrons. The van der Waals surface area contributed by atoms with Crippen LogP contribution in [-0.2, 0) is 6.54 Å². The smallest absolute Gasteiger partial charge is 0.238 e. The topological polar surface area (TPSA) is 34.9 Å². The zero-order chi connectivity index (χ0) is 12.5. The number of rotatable bonds is 3. The molecule has 0 aliphatic heterocycles. The summed E-state index contributed by atoms with van der Waals surface area (Å²) >= 11 is 1.52. The molecule has 0 amide bonds. The molecular formula is C14H12N2OS. The van der Waals surface area contributed by atoms with Crippen LogP contribution in [0.5, 0.6) is 0 Å². The number of ketones is 1. The lowest BCUT2D eigenvalue weighted by Crippen LogP contribution is -2.08. The number of imidazole rings is 1. The van der Waals surface area contributed by atoms with Crippen molar-refractivity contribution in [3.8, 4) is 0 Å². The van der Waals surface area contributed by atoms with Crippen molar-refractivity contribution >= 4 is 27.2 Å². The standard InChI is InChI=1S/C14H12N2OS/c1-2-16-8-7-15-14(16)13(17)12-9-10-5-3-4-6-11(10)18-12/h3-9H,2H2,1H3. The van der Waals surface area contributed by atoms with Crippen LogP contribution in [0.15, 0.2) is 42.7 Å². The van der Waals surface area contributed by atoms with Crippen molar-refractivity contribution in [1.29, 1.82) is 0 Å². The lowest BCUT2D eigenvalue weighted by Gasteiger charge is -2.01. The third kappa shape index (κ3) is 1.75. The van der Waals surface area contributed by atoms with E-state index >= 15 is 0 Å². The molecule has 0 fully saturated rings. The number of hydrogen-bond acceptors (Lipinski definition) is 3. The van der Waals surface area contributed by atoms with Gasteiger partial charge in [0.15, 0.2) is 5.82 Å². The number of carbonyl (C=O) groups excluding carboxylic acids is 1. The maximum absolute atomic E-state index is 12.4. The lowest BCUT2D eigenvalue weighted by molar-refractivity contribution is 0.102. The molecule has 0 aliphatic carbocycles. The highest BCUT2D eigenvalue weighted by molar-refractivity contribution is 7.21. The first-order valence-electron chi connectivity index (χ1n) is 5.84. The van der Waals surface area contributed by atoms with Gasteiger partial charge in [0.1, 0.15) is 0 Å². The molecule has 0 spiro atoms. The van der Waals surface area contributed by atoms with E-state index in [0.29, 0.717) is 5.82 Å². The Balaban J connectivity index is 2.06.